The Morgan fingerprint density at radius 2 is 1.95 bits per heavy atom. The Morgan fingerprint density at radius 1 is 1.21 bits per heavy atom. The van der Waals surface area contributed by atoms with E-state index in [0.29, 0.717) is 36.5 Å². The summed E-state index contributed by atoms with van der Waals surface area (Å²) in [6.07, 6.45) is 4.44. The van der Waals surface area contributed by atoms with Gasteiger partial charge in [-0.3, -0.25) is 4.79 Å². The number of hydrogen-bond acceptors (Lipinski definition) is 7. The number of carbonyl (C=O) groups excluding carboxylic acids is 1. The molecular formula is C29H42N5O4+. The summed E-state index contributed by atoms with van der Waals surface area (Å²) < 4.78 is 15.1. The quantitative estimate of drug-likeness (QED) is 0.209. The van der Waals surface area contributed by atoms with Gasteiger partial charge in [0.15, 0.2) is 6.54 Å². The van der Waals surface area contributed by atoms with E-state index in [1.165, 1.54) is 0 Å². The molecule has 38 heavy (non-hydrogen) atoms. The van der Waals surface area contributed by atoms with Gasteiger partial charge < -0.3 is 19.9 Å². The van der Waals surface area contributed by atoms with Crippen molar-refractivity contribution in [2.24, 2.45) is 0 Å². The van der Waals surface area contributed by atoms with Crippen LogP contribution in [-0.2, 0) is 18.4 Å². The zero-order valence-electron chi connectivity index (χ0n) is 23.8. The summed E-state index contributed by atoms with van der Waals surface area (Å²) in [6, 6.07) is 4.28. The number of aromatic nitrogens is 4. The number of hydrogen-bond donors (Lipinski definition) is 2. The minimum Gasteiger partial charge on any atom is -0.496 e. The van der Waals surface area contributed by atoms with Gasteiger partial charge in [-0.25, -0.2) is 0 Å². The lowest BCUT2D eigenvalue weighted by Crippen LogP contribution is -2.41. The molecule has 1 saturated carbocycles. The Hall–Kier alpha value is -3.20. The van der Waals surface area contributed by atoms with Gasteiger partial charge in [-0.1, -0.05) is 25.3 Å². The molecule has 0 radical (unpaired) electrons. The maximum atomic E-state index is 13.8. The van der Waals surface area contributed by atoms with Crippen LogP contribution in [0.1, 0.15) is 86.0 Å². The fourth-order valence-corrected chi connectivity index (χ4v) is 4.73. The van der Waals surface area contributed by atoms with Crippen molar-refractivity contribution >= 4 is 17.4 Å². The molecule has 0 saturated heterocycles. The molecule has 2 heterocycles. The van der Waals surface area contributed by atoms with Crippen molar-refractivity contribution in [3.05, 3.63) is 39.9 Å². The number of nitrogens with one attached hydrogen (secondary N) is 1. The van der Waals surface area contributed by atoms with E-state index in [4.69, 9.17) is 19.7 Å². The van der Waals surface area contributed by atoms with Crippen LogP contribution in [-0.4, -0.2) is 52.0 Å². The maximum Gasteiger partial charge on any atom is 0.358 e. The summed E-state index contributed by atoms with van der Waals surface area (Å²) >= 11 is 0. The monoisotopic (exact) mass is 524 g/mol. The molecule has 9 nitrogen and oxygen atoms in total. The van der Waals surface area contributed by atoms with Crippen LogP contribution in [0.15, 0.2) is 12.1 Å². The minimum atomic E-state index is -0.212. The molecule has 9 heteroatoms. The smallest absolute Gasteiger partial charge is 0.358 e. The molecule has 0 atom stereocenters. The standard InChI is InChI=1S/C29H42N5O4/c1-8-38-26-18(2)19(3)27-33(32-28(34(27)31-26)30-22-12-13-22)17-24(36)21-15-20(11-9-10-14-35)25(37-7)23(16-21)29(4,5)6/h15-16,22,35H,8-14,17H2,1-7H3,(H,30,32)/q+1. The highest BCUT2D eigenvalue weighted by Crippen LogP contribution is 2.36. The lowest BCUT2D eigenvalue weighted by Gasteiger charge is -2.25. The van der Waals surface area contributed by atoms with Crippen LogP contribution in [0.3, 0.4) is 0 Å². The van der Waals surface area contributed by atoms with Crippen LogP contribution in [0.2, 0.25) is 0 Å². The van der Waals surface area contributed by atoms with Crippen molar-refractivity contribution in [3.63, 3.8) is 0 Å². The van der Waals surface area contributed by atoms with Crippen molar-refractivity contribution in [2.45, 2.75) is 91.6 Å². The zero-order valence-corrected chi connectivity index (χ0v) is 23.8. The largest absolute Gasteiger partial charge is 0.496 e. The molecule has 3 aromatic rings. The second kappa shape index (κ2) is 11.3. The second-order valence-corrected chi connectivity index (χ2v) is 11.2. The van der Waals surface area contributed by atoms with Gasteiger partial charge in [-0.05, 0) is 86.2 Å². The summed E-state index contributed by atoms with van der Waals surface area (Å²) in [5, 5.41) is 22.3. The first-order valence-electron chi connectivity index (χ1n) is 13.6. The van der Waals surface area contributed by atoms with Crippen LogP contribution in [0.4, 0.5) is 5.95 Å². The van der Waals surface area contributed by atoms with E-state index in [1.54, 1.807) is 16.3 Å². The first kappa shape index (κ1) is 27.8. The predicted molar refractivity (Wildman–Crippen MR) is 147 cm³/mol. The fourth-order valence-electron chi connectivity index (χ4n) is 4.73. The Bertz CT molecular complexity index is 1320. The molecule has 2 N–H and O–H groups in total. The van der Waals surface area contributed by atoms with Crippen molar-refractivity contribution in [2.75, 3.05) is 25.6 Å². The van der Waals surface area contributed by atoms with E-state index >= 15 is 0 Å². The van der Waals surface area contributed by atoms with Gasteiger partial charge in [-0.2, -0.15) is 0 Å². The number of unbranched alkanes of at least 4 members (excludes halogenated alkanes) is 1. The molecular weight excluding hydrogens is 482 g/mol. The van der Waals surface area contributed by atoms with Gasteiger partial charge in [0.25, 0.3) is 5.88 Å². The minimum absolute atomic E-state index is 0.0320. The highest BCUT2D eigenvalue weighted by molar-refractivity contribution is 5.96. The van der Waals surface area contributed by atoms with Crippen LogP contribution >= 0.6 is 0 Å². The zero-order chi connectivity index (χ0) is 27.6. The van der Waals surface area contributed by atoms with Crippen molar-refractivity contribution in [1.29, 1.82) is 0 Å². The number of rotatable bonds is 12. The molecule has 2 aromatic heterocycles. The molecule has 0 bridgehead atoms. The number of nitrogens with zero attached hydrogens (tertiary/aromatic N) is 4. The molecule has 1 fully saturated rings. The van der Waals surface area contributed by atoms with Crippen LogP contribution in [0, 0.1) is 13.8 Å². The summed E-state index contributed by atoms with van der Waals surface area (Å²) in [6.45, 7) is 13.1. The maximum absolute atomic E-state index is 13.8. The van der Waals surface area contributed by atoms with Crippen LogP contribution in [0.25, 0.3) is 5.65 Å². The van der Waals surface area contributed by atoms with E-state index < -0.39 is 0 Å². The number of carbonyl (C=O) groups is 1. The average Bonchev–Trinajstić information content (AvgIpc) is 3.62. The average molecular weight is 525 g/mol. The Balaban J connectivity index is 1.77. The number of aliphatic hydroxyl groups excluding tert-OH is 1. The van der Waals surface area contributed by atoms with Crippen molar-refractivity contribution in [1.82, 2.24) is 14.7 Å². The number of Topliss-reactive ketones (excluding diaryl/α,β-unsaturated/α-hetero) is 1. The highest BCUT2D eigenvalue weighted by Gasteiger charge is 2.32. The summed E-state index contributed by atoms with van der Waals surface area (Å²) in [4.78, 5) is 13.8. The third kappa shape index (κ3) is 5.77. The molecule has 1 aliphatic carbocycles. The molecule has 4 rings (SSSR count). The van der Waals surface area contributed by atoms with Gasteiger partial charge in [0.05, 0.1) is 19.3 Å². The number of methoxy groups -OCH3 is 1. The van der Waals surface area contributed by atoms with E-state index in [-0.39, 0.29) is 24.3 Å². The lowest BCUT2D eigenvalue weighted by molar-refractivity contribution is -0.714. The molecule has 0 unspecified atom stereocenters. The number of anilines is 1. The SMILES string of the molecule is CCOc1nn2c(NC3CC3)n[n+](CC(=O)c3cc(CCCCO)c(OC)c(C(C)(C)C)c3)c2c(C)c1C. The molecule has 0 spiro atoms. The predicted octanol–water partition coefficient (Wildman–Crippen LogP) is 4.11. The van der Waals surface area contributed by atoms with Gasteiger partial charge in [0.2, 0.25) is 5.78 Å². The first-order valence-corrected chi connectivity index (χ1v) is 13.6. The van der Waals surface area contributed by atoms with Gasteiger partial charge >= 0.3 is 11.6 Å². The topological polar surface area (TPSA) is 102 Å². The van der Waals surface area contributed by atoms with E-state index in [2.05, 4.69) is 26.1 Å². The van der Waals surface area contributed by atoms with E-state index in [0.717, 1.165) is 59.3 Å². The second-order valence-electron chi connectivity index (χ2n) is 11.2. The first-order chi connectivity index (χ1) is 18.1. The third-order valence-electron chi connectivity index (χ3n) is 7.11. The number of aliphatic hydroxyl groups is 1. The summed E-state index contributed by atoms with van der Waals surface area (Å²) in [5.41, 5.74) is 5.09. The van der Waals surface area contributed by atoms with Crippen molar-refractivity contribution < 1.29 is 24.1 Å². The fraction of sp³-hybridized carbons (Fsp3) is 0.586. The number of ether oxygens (including phenoxy) is 2. The lowest BCUT2D eigenvalue weighted by atomic mass is 9.83. The number of benzene rings is 1. The third-order valence-corrected chi connectivity index (χ3v) is 7.11. The van der Waals surface area contributed by atoms with Gasteiger partial charge in [-0.15, -0.1) is 4.68 Å². The van der Waals surface area contributed by atoms with Crippen molar-refractivity contribution in [3.8, 4) is 11.6 Å². The number of aryl methyl sites for hydroxylation is 2. The Morgan fingerprint density at radius 3 is 2.55 bits per heavy atom. The van der Waals surface area contributed by atoms with Crippen LogP contribution < -0.4 is 19.5 Å². The molecule has 0 aliphatic heterocycles. The summed E-state index contributed by atoms with van der Waals surface area (Å²) in [5.74, 6) is 1.98. The van der Waals surface area contributed by atoms with E-state index in [9.17, 15) is 9.90 Å². The molecule has 1 aromatic carbocycles. The molecule has 1 aliphatic rings. The molecule has 0 amide bonds. The number of ketones is 1. The summed E-state index contributed by atoms with van der Waals surface area (Å²) in [7, 11) is 1.68. The van der Waals surface area contributed by atoms with Crippen LogP contribution in [0.5, 0.6) is 11.6 Å². The van der Waals surface area contributed by atoms with Gasteiger partial charge in [0, 0.05) is 29.3 Å². The Labute approximate surface area is 225 Å². The van der Waals surface area contributed by atoms with Gasteiger partial charge in [0.1, 0.15) is 5.75 Å². The highest BCUT2D eigenvalue weighted by atomic mass is 16.5. The normalized spacial score (nSPS) is 13.7. The Kier molecular flexibility index (Phi) is 8.25. The molecule has 206 valence electrons. The van der Waals surface area contributed by atoms with E-state index in [1.807, 2.05) is 32.9 Å². The number of fused-ring (bicyclic) bond motifs is 1.